The normalized spacial score (nSPS) is 16.8. The molecule has 32 heavy (non-hydrogen) atoms. The van der Waals surface area contributed by atoms with Gasteiger partial charge < -0.3 is 19.7 Å². The zero-order chi connectivity index (χ0) is 22.3. The molecule has 1 unspecified atom stereocenters. The standard InChI is InChI=1S/C26H32N2O4/c1-2-31-23-17-21(13-14-22(23)32-18-24(29)28-15-7-4-8-16-28)26(30)27-25(20-11-12-20)19-9-5-3-6-10-19/h3,5-6,9-10,13-14,17,20,25H,2,4,7-8,11-12,15-16,18H2,1H3,(H,27,30). The molecule has 2 amide bonds. The first-order valence-corrected chi connectivity index (χ1v) is 11.7. The number of amides is 2. The van der Waals surface area contributed by atoms with Gasteiger partial charge in [-0.2, -0.15) is 0 Å². The van der Waals surface area contributed by atoms with Crippen molar-refractivity contribution in [1.29, 1.82) is 0 Å². The van der Waals surface area contributed by atoms with E-state index in [1.165, 1.54) is 6.42 Å². The number of benzene rings is 2. The molecule has 6 heteroatoms. The average Bonchev–Trinajstić information content (AvgIpc) is 3.68. The van der Waals surface area contributed by atoms with E-state index in [1.54, 1.807) is 18.2 Å². The van der Waals surface area contributed by atoms with E-state index in [4.69, 9.17) is 9.47 Å². The van der Waals surface area contributed by atoms with Crippen LogP contribution in [0.15, 0.2) is 48.5 Å². The molecule has 1 saturated carbocycles. The van der Waals surface area contributed by atoms with Gasteiger partial charge in [0.15, 0.2) is 18.1 Å². The fraction of sp³-hybridized carbons (Fsp3) is 0.462. The second-order valence-corrected chi connectivity index (χ2v) is 8.52. The SMILES string of the molecule is CCOc1cc(C(=O)NC(c2ccccc2)C2CC2)ccc1OCC(=O)N1CCCCC1. The van der Waals surface area contributed by atoms with Crippen LogP contribution in [0, 0.1) is 5.92 Å². The maximum absolute atomic E-state index is 13.0. The maximum atomic E-state index is 13.0. The van der Waals surface area contributed by atoms with E-state index in [0.717, 1.165) is 44.3 Å². The van der Waals surface area contributed by atoms with Crippen LogP contribution in [0.3, 0.4) is 0 Å². The smallest absolute Gasteiger partial charge is 0.260 e. The molecule has 4 rings (SSSR count). The van der Waals surface area contributed by atoms with Crippen LogP contribution in [0.1, 0.15) is 61.0 Å². The van der Waals surface area contributed by atoms with E-state index in [9.17, 15) is 9.59 Å². The first-order chi connectivity index (χ1) is 15.7. The van der Waals surface area contributed by atoms with Crippen LogP contribution in [0.4, 0.5) is 0 Å². The van der Waals surface area contributed by atoms with Gasteiger partial charge in [-0.1, -0.05) is 30.3 Å². The Kier molecular flexibility index (Phi) is 7.30. The van der Waals surface area contributed by atoms with E-state index < -0.39 is 0 Å². The largest absolute Gasteiger partial charge is 0.490 e. The summed E-state index contributed by atoms with van der Waals surface area (Å²) in [4.78, 5) is 27.3. The second kappa shape index (κ2) is 10.5. The van der Waals surface area contributed by atoms with Crippen molar-refractivity contribution in [3.05, 3.63) is 59.7 Å². The summed E-state index contributed by atoms with van der Waals surface area (Å²) < 4.78 is 11.5. The average molecular weight is 437 g/mol. The molecule has 0 radical (unpaired) electrons. The van der Waals surface area contributed by atoms with Crippen molar-refractivity contribution in [3.8, 4) is 11.5 Å². The van der Waals surface area contributed by atoms with Gasteiger partial charge in [0.25, 0.3) is 11.8 Å². The van der Waals surface area contributed by atoms with Crippen LogP contribution in [-0.2, 0) is 4.79 Å². The van der Waals surface area contributed by atoms with Crippen LogP contribution in [0.25, 0.3) is 0 Å². The molecule has 0 aromatic heterocycles. The predicted molar refractivity (Wildman–Crippen MR) is 123 cm³/mol. The third-order valence-corrected chi connectivity index (χ3v) is 6.10. The molecule has 2 fully saturated rings. The van der Waals surface area contributed by atoms with Gasteiger partial charge in [-0.3, -0.25) is 9.59 Å². The number of carbonyl (C=O) groups excluding carboxylic acids is 2. The predicted octanol–water partition coefficient (Wildman–Crippen LogP) is 4.36. The molecule has 0 spiro atoms. The number of rotatable bonds is 9. The van der Waals surface area contributed by atoms with Gasteiger partial charge >= 0.3 is 0 Å². The van der Waals surface area contributed by atoms with Gasteiger partial charge in [-0.25, -0.2) is 0 Å². The van der Waals surface area contributed by atoms with E-state index in [0.29, 0.717) is 29.6 Å². The van der Waals surface area contributed by atoms with Crippen molar-refractivity contribution in [3.63, 3.8) is 0 Å². The molecular weight excluding hydrogens is 404 g/mol. The zero-order valence-electron chi connectivity index (χ0n) is 18.7. The molecule has 1 N–H and O–H groups in total. The number of nitrogens with zero attached hydrogens (tertiary/aromatic N) is 1. The lowest BCUT2D eigenvalue weighted by molar-refractivity contribution is -0.134. The molecule has 1 saturated heterocycles. The van der Waals surface area contributed by atoms with Crippen LogP contribution < -0.4 is 14.8 Å². The summed E-state index contributed by atoms with van der Waals surface area (Å²) in [6.07, 6.45) is 5.52. The summed E-state index contributed by atoms with van der Waals surface area (Å²) in [6.45, 7) is 3.89. The Morgan fingerprint density at radius 3 is 2.44 bits per heavy atom. The third kappa shape index (κ3) is 5.61. The minimum absolute atomic E-state index is 0.0101. The summed E-state index contributed by atoms with van der Waals surface area (Å²) in [5.74, 6) is 1.30. The monoisotopic (exact) mass is 436 g/mol. The Bertz CT molecular complexity index is 921. The number of likely N-dealkylation sites (tertiary alicyclic amines) is 1. The van der Waals surface area contributed by atoms with Gasteiger partial charge in [-0.05, 0) is 68.7 Å². The van der Waals surface area contributed by atoms with E-state index in [-0.39, 0.29) is 24.5 Å². The number of nitrogens with one attached hydrogen (secondary N) is 1. The summed E-state index contributed by atoms with van der Waals surface area (Å²) in [5.41, 5.74) is 1.65. The fourth-order valence-corrected chi connectivity index (χ4v) is 4.20. The van der Waals surface area contributed by atoms with Gasteiger partial charge in [0.2, 0.25) is 0 Å². The molecule has 1 aliphatic heterocycles. The van der Waals surface area contributed by atoms with E-state index >= 15 is 0 Å². The molecule has 1 aliphatic carbocycles. The molecule has 0 bridgehead atoms. The van der Waals surface area contributed by atoms with Crippen molar-refractivity contribution in [2.24, 2.45) is 5.92 Å². The number of ether oxygens (including phenoxy) is 2. The van der Waals surface area contributed by atoms with Crippen LogP contribution in [0.5, 0.6) is 11.5 Å². The van der Waals surface area contributed by atoms with Crippen LogP contribution in [-0.4, -0.2) is 43.0 Å². The number of hydrogen-bond donors (Lipinski definition) is 1. The minimum atomic E-state index is -0.136. The van der Waals surface area contributed by atoms with Gasteiger partial charge in [0.05, 0.1) is 12.6 Å². The van der Waals surface area contributed by atoms with Crippen LogP contribution in [0.2, 0.25) is 0 Å². The molecule has 2 aromatic rings. The minimum Gasteiger partial charge on any atom is -0.490 e. The Labute approximate surface area is 189 Å². The lowest BCUT2D eigenvalue weighted by Gasteiger charge is -2.26. The topological polar surface area (TPSA) is 67.9 Å². The first kappa shape index (κ1) is 22.2. The molecule has 1 heterocycles. The molecule has 2 aromatic carbocycles. The Balaban J connectivity index is 1.43. The van der Waals surface area contributed by atoms with Crippen molar-refractivity contribution >= 4 is 11.8 Å². The quantitative estimate of drug-likeness (QED) is 0.634. The fourth-order valence-electron chi connectivity index (χ4n) is 4.20. The second-order valence-electron chi connectivity index (χ2n) is 8.52. The number of hydrogen-bond acceptors (Lipinski definition) is 4. The summed E-state index contributed by atoms with van der Waals surface area (Å²) in [7, 11) is 0. The highest BCUT2D eigenvalue weighted by Crippen LogP contribution is 2.41. The molecule has 2 aliphatic rings. The lowest BCUT2D eigenvalue weighted by atomic mass is 10.0. The maximum Gasteiger partial charge on any atom is 0.260 e. The van der Waals surface area contributed by atoms with Gasteiger partial charge in [-0.15, -0.1) is 0 Å². The Morgan fingerprint density at radius 1 is 1.00 bits per heavy atom. The molecule has 170 valence electrons. The van der Waals surface area contributed by atoms with Crippen molar-refractivity contribution in [2.45, 2.75) is 45.1 Å². The van der Waals surface area contributed by atoms with E-state index in [2.05, 4.69) is 17.4 Å². The van der Waals surface area contributed by atoms with Crippen molar-refractivity contribution in [1.82, 2.24) is 10.2 Å². The number of piperidine rings is 1. The molecular formula is C26H32N2O4. The van der Waals surface area contributed by atoms with Crippen LogP contribution >= 0.6 is 0 Å². The highest BCUT2D eigenvalue weighted by atomic mass is 16.5. The van der Waals surface area contributed by atoms with Gasteiger partial charge in [0, 0.05) is 18.7 Å². The van der Waals surface area contributed by atoms with Crippen molar-refractivity contribution < 1.29 is 19.1 Å². The Hall–Kier alpha value is -3.02. The molecule has 6 nitrogen and oxygen atoms in total. The highest BCUT2D eigenvalue weighted by molar-refractivity contribution is 5.95. The van der Waals surface area contributed by atoms with E-state index in [1.807, 2.05) is 30.0 Å². The molecule has 1 atom stereocenters. The summed E-state index contributed by atoms with van der Waals surface area (Å²) >= 11 is 0. The number of carbonyl (C=O) groups is 2. The Morgan fingerprint density at radius 2 is 1.75 bits per heavy atom. The van der Waals surface area contributed by atoms with Gasteiger partial charge in [0.1, 0.15) is 0 Å². The third-order valence-electron chi connectivity index (χ3n) is 6.10. The summed E-state index contributed by atoms with van der Waals surface area (Å²) in [6, 6.07) is 15.3. The zero-order valence-corrected chi connectivity index (χ0v) is 18.7. The lowest BCUT2D eigenvalue weighted by Crippen LogP contribution is -2.38. The van der Waals surface area contributed by atoms with Crippen molar-refractivity contribution in [2.75, 3.05) is 26.3 Å². The highest BCUT2D eigenvalue weighted by Gasteiger charge is 2.33. The first-order valence-electron chi connectivity index (χ1n) is 11.7. The summed E-state index contributed by atoms with van der Waals surface area (Å²) in [5, 5.41) is 3.20.